The van der Waals surface area contributed by atoms with E-state index in [0.29, 0.717) is 10.5 Å². The van der Waals surface area contributed by atoms with Gasteiger partial charge >= 0.3 is 5.97 Å². The molecule has 0 bridgehead atoms. The van der Waals surface area contributed by atoms with Crippen LogP contribution in [0.1, 0.15) is 19.4 Å². The highest BCUT2D eigenvalue weighted by molar-refractivity contribution is 8.19. The third-order valence-electron chi connectivity index (χ3n) is 3.37. The molecule has 0 radical (unpaired) electrons. The Kier molecular flexibility index (Phi) is 5.35. The second kappa shape index (κ2) is 7.10. The summed E-state index contributed by atoms with van der Waals surface area (Å²) in [4.78, 5) is 35.6. The topological polar surface area (TPSA) is 101 Å². The van der Waals surface area contributed by atoms with Crippen LogP contribution in [0.3, 0.4) is 0 Å². The molecule has 24 heavy (non-hydrogen) atoms. The zero-order valence-corrected chi connectivity index (χ0v) is 14.5. The molecule has 0 saturated carbocycles. The number of thioether (sulfide) groups is 1. The molecule has 1 N–H and O–H groups in total. The number of hydrogen-bond acceptors (Lipinski definition) is 6. The van der Waals surface area contributed by atoms with Gasteiger partial charge in [0.2, 0.25) is 0 Å². The summed E-state index contributed by atoms with van der Waals surface area (Å²) in [7, 11) is 0. The zero-order valence-electron chi connectivity index (χ0n) is 12.8. The van der Waals surface area contributed by atoms with Gasteiger partial charge in [-0.05, 0) is 29.3 Å². The van der Waals surface area contributed by atoms with Crippen LogP contribution in [0.25, 0.3) is 6.08 Å². The minimum Gasteiger partial charge on any atom is -0.480 e. The molecule has 0 spiro atoms. The molecule has 0 aliphatic carbocycles. The van der Waals surface area contributed by atoms with Gasteiger partial charge in [0.25, 0.3) is 10.9 Å². The third kappa shape index (κ3) is 3.62. The first kappa shape index (κ1) is 18.1. The number of rotatable bonds is 5. The summed E-state index contributed by atoms with van der Waals surface area (Å²) >= 11 is 6.08. The average Bonchev–Trinajstić information content (AvgIpc) is 2.75. The molecule has 2 rings (SSSR count). The summed E-state index contributed by atoms with van der Waals surface area (Å²) in [5, 5.41) is 19.7. The zero-order chi connectivity index (χ0) is 18.0. The number of nitrogens with zero attached hydrogens (tertiary/aromatic N) is 2. The highest BCUT2D eigenvalue weighted by Crippen LogP contribution is 2.36. The molecule has 1 fully saturated rings. The standard InChI is InChI=1S/C15H14N2O5S2/c1-8(2)12(14(18)19)16-13(23)11(24-15(16)20)7-9-4-3-5-10(6-9)17(21)22/h3-8,12H,1-2H3,(H,18,19)/b11-7-/t12-/m0/s1. The van der Waals surface area contributed by atoms with Crippen molar-refractivity contribution >= 4 is 51.9 Å². The summed E-state index contributed by atoms with van der Waals surface area (Å²) in [6.07, 6.45) is 1.55. The van der Waals surface area contributed by atoms with Crippen molar-refractivity contribution in [3.8, 4) is 0 Å². The molecule has 1 aliphatic heterocycles. The molecular weight excluding hydrogens is 352 g/mol. The van der Waals surface area contributed by atoms with Crippen molar-refractivity contribution in [2.24, 2.45) is 5.92 Å². The fourth-order valence-electron chi connectivity index (χ4n) is 2.29. The van der Waals surface area contributed by atoms with E-state index in [4.69, 9.17) is 12.2 Å². The van der Waals surface area contributed by atoms with Gasteiger partial charge in [-0.2, -0.15) is 0 Å². The summed E-state index contributed by atoms with van der Waals surface area (Å²) in [6, 6.07) is 4.85. The molecule has 1 aromatic rings. The Hall–Kier alpha value is -2.26. The Morgan fingerprint density at radius 3 is 2.67 bits per heavy atom. The van der Waals surface area contributed by atoms with Crippen LogP contribution in [-0.2, 0) is 4.79 Å². The van der Waals surface area contributed by atoms with Gasteiger partial charge in [-0.1, -0.05) is 38.2 Å². The number of carbonyl (C=O) groups is 2. The third-order valence-corrected chi connectivity index (χ3v) is 4.81. The van der Waals surface area contributed by atoms with E-state index in [1.54, 1.807) is 26.0 Å². The van der Waals surface area contributed by atoms with Crippen LogP contribution in [0.5, 0.6) is 0 Å². The smallest absolute Gasteiger partial charge is 0.327 e. The Balaban J connectivity index is 2.36. The number of hydrogen-bond donors (Lipinski definition) is 1. The molecule has 126 valence electrons. The quantitative estimate of drug-likeness (QED) is 0.368. The predicted molar refractivity (Wildman–Crippen MR) is 94.8 cm³/mol. The monoisotopic (exact) mass is 366 g/mol. The van der Waals surface area contributed by atoms with Crippen LogP contribution in [0.4, 0.5) is 10.5 Å². The fraction of sp³-hybridized carbons (Fsp3) is 0.267. The van der Waals surface area contributed by atoms with Crippen molar-refractivity contribution in [1.29, 1.82) is 0 Å². The number of nitro benzene ring substituents is 1. The van der Waals surface area contributed by atoms with E-state index in [2.05, 4.69) is 0 Å². The first-order chi connectivity index (χ1) is 11.2. The van der Waals surface area contributed by atoms with Crippen LogP contribution in [-0.4, -0.2) is 37.2 Å². The van der Waals surface area contributed by atoms with Gasteiger partial charge in [0.05, 0.1) is 9.83 Å². The van der Waals surface area contributed by atoms with Crippen molar-refractivity contribution in [1.82, 2.24) is 4.90 Å². The fourth-order valence-corrected chi connectivity index (χ4v) is 3.60. The van der Waals surface area contributed by atoms with E-state index in [9.17, 15) is 24.8 Å². The molecule has 0 aromatic heterocycles. The highest BCUT2D eigenvalue weighted by Gasteiger charge is 2.41. The Morgan fingerprint density at radius 2 is 2.12 bits per heavy atom. The molecule has 1 aromatic carbocycles. The molecular formula is C15H14N2O5S2. The maximum Gasteiger partial charge on any atom is 0.327 e. The van der Waals surface area contributed by atoms with Gasteiger partial charge in [0.15, 0.2) is 0 Å². The number of carboxylic acids is 1. The first-order valence-corrected chi connectivity index (χ1v) is 8.19. The van der Waals surface area contributed by atoms with Crippen molar-refractivity contribution < 1.29 is 19.6 Å². The Morgan fingerprint density at radius 1 is 1.46 bits per heavy atom. The number of carboxylic acid groups (broad SMARTS) is 1. The van der Waals surface area contributed by atoms with Crippen LogP contribution in [0, 0.1) is 16.0 Å². The summed E-state index contributed by atoms with van der Waals surface area (Å²) in [5.41, 5.74) is 0.437. The number of carbonyl (C=O) groups excluding carboxylic acids is 1. The SMILES string of the molecule is CC(C)[C@@H](C(=O)O)N1C(=O)S/C(=C\c2cccc([N+](=O)[O-])c2)C1=S. The minimum atomic E-state index is -1.13. The minimum absolute atomic E-state index is 0.0768. The van der Waals surface area contributed by atoms with E-state index >= 15 is 0 Å². The number of non-ortho nitro benzene ring substituents is 1. The Bertz CT molecular complexity index is 760. The lowest BCUT2D eigenvalue weighted by atomic mass is 10.0. The van der Waals surface area contributed by atoms with E-state index in [1.807, 2.05) is 0 Å². The second-order valence-electron chi connectivity index (χ2n) is 5.43. The van der Waals surface area contributed by atoms with Crippen LogP contribution >= 0.6 is 24.0 Å². The number of thiocarbonyl (C=S) groups is 1. The van der Waals surface area contributed by atoms with E-state index in [-0.39, 0.29) is 16.6 Å². The van der Waals surface area contributed by atoms with Crippen molar-refractivity contribution in [3.05, 3.63) is 44.8 Å². The number of aliphatic carboxylic acids is 1. The van der Waals surface area contributed by atoms with Crippen LogP contribution < -0.4 is 0 Å². The Labute approximate surface area is 147 Å². The van der Waals surface area contributed by atoms with Gasteiger partial charge in [0.1, 0.15) is 11.0 Å². The lowest BCUT2D eigenvalue weighted by Gasteiger charge is -2.26. The van der Waals surface area contributed by atoms with E-state index in [1.165, 1.54) is 18.2 Å². The van der Waals surface area contributed by atoms with E-state index < -0.39 is 22.2 Å². The maximum absolute atomic E-state index is 12.2. The summed E-state index contributed by atoms with van der Waals surface area (Å²) < 4.78 is 0. The van der Waals surface area contributed by atoms with E-state index in [0.717, 1.165) is 16.7 Å². The molecule has 1 atom stereocenters. The van der Waals surface area contributed by atoms with Crippen molar-refractivity contribution in [3.63, 3.8) is 0 Å². The molecule has 7 nitrogen and oxygen atoms in total. The molecule has 9 heteroatoms. The van der Waals surface area contributed by atoms with Gasteiger partial charge in [0, 0.05) is 12.1 Å². The van der Waals surface area contributed by atoms with Crippen LogP contribution in [0.15, 0.2) is 29.2 Å². The molecule has 1 amide bonds. The van der Waals surface area contributed by atoms with Gasteiger partial charge in [-0.15, -0.1) is 0 Å². The number of amides is 1. The highest BCUT2D eigenvalue weighted by atomic mass is 32.2. The van der Waals surface area contributed by atoms with Crippen LogP contribution in [0.2, 0.25) is 0 Å². The lowest BCUT2D eigenvalue weighted by Crippen LogP contribution is -2.46. The molecule has 0 unspecified atom stereocenters. The van der Waals surface area contributed by atoms with Gasteiger partial charge < -0.3 is 5.11 Å². The van der Waals surface area contributed by atoms with Gasteiger partial charge in [-0.25, -0.2) is 4.79 Å². The molecule has 1 heterocycles. The first-order valence-electron chi connectivity index (χ1n) is 6.96. The van der Waals surface area contributed by atoms with Crippen molar-refractivity contribution in [2.75, 3.05) is 0 Å². The predicted octanol–water partition coefficient (Wildman–Crippen LogP) is 3.54. The molecule has 1 aliphatic rings. The lowest BCUT2D eigenvalue weighted by molar-refractivity contribution is -0.384. The maximum atomic E-state index is 12.2. The normalized spacial score (nSPS) is 17.6. The number of nitro groups is 1. The van der Waals surface area contributed by atoms with Gasteiger partial charge in [-0.3, -0.25) is 19.8 Å². The number of benzene rings is 1. The second-order valence-corrected chi connectivity index (χ2v) is 6.81. The molecule has 1 saturated heterocycles. The van der Waals surface area contributed by atoms with Crippen molar-refractivity contribution in [2.45, 2.75) is 19.9 Å². The average molecular weight is 366 g/mol. The summed E-state index contributed by atoms with van der Waals surface area (Å²) in [5.74, 6) is -1.44. The summed E-state index contributed by atoms with van der Waals surface area (Å²) in [6.45, 7) is 3.39. The largest absolute Gasteiger partial charge is 0.480 e.